The van der Waals surface area contributed by atoms with Gasteiger partial charge < -0.3 is 10.5 Å². The predicted octanol–water partition coefficient (Wildman–Crippen LogP) is 2.94. The minimum atomic E-state index is -0.0635. The molecule has 2 aromatic carbocycles. The fourth-order valence-corrected chi connectivity index (χ4v) is 2.19. The zero-order valence-electron chi connectivity index (χ0n) is 10.6. The molecule has 0 saturated heterocycles. The Morgan fingerprint density at radius 2 is 1.50 bits per heavy atom. The summed E-state index contributed by atoms with van der Waals surface area (Å²) in [5.74, 6) is 0. The summed E-state index contributed by atoms with van der Waals surface area (Å²) in [6.45, 7) is 0. The summed E-state index contributed by atoms with van der Waals surface area (Å²) in [4.78, 5) is 0. The van der Waals surface area contributed by atoms with Gasteiger partial charge in [0.15, 0.2) is 0 Å². The van der Waals surface area contributed by atoms with Crippen molar-refractivity contribution in [2.45, 2.75) is 18.6 Å². The van der Waals surface area contributed by atoms with Crippen LogP contribution in [-0.2, 0) is 11.2 Å². The third-order valence-electron chi connectivity index (χ3n) is 3.09. The number of hydrogen-bond donors (Lipinski definition) is 1. The van der Waals surface area contributed by atoms with E-state index >= 15 is 0 Å². The van der Waals surface area contributed by atoms with Crippen LogP contribution >= 0.6 is 0 Å². The summed E-state index contributed by atoms with van der Waals surface area (Å²) in [6, 6.07) is 20.4. The second-order valence-electron chi connectivity index (χ2n) is 4.42. The number of rotatable bonds is 5. The van der Waals surface area contributed by atoms with Crippen LogP contribution < -0.4 is 5.73 Å². The average molecular weight is 241 g/mol. The number of hydrogen-bond acceptors (Lipinski definition) is 2. The largest absolute Gasteiger partial charge is 0.375 e. The summed E-state index contributed by atoms with van der Waals surface area (Å²) in [7, 11) is 1.71. The van der Waals surface area contributed by atoms with Crippen LogP contribution in [-0.4, -0.2) is 13.2 Å². The molecule has 0 heterocycles. The lowest BCUT2D eigenvalue weighted by molar-refractivity contribution is 0.0803. The average Bonchev–Trinajstić information content (AvgIpc) is 2.42. The molecule has 0 amide bonds. The van der Waals surface area contributed by atoms with E-state index in [-0.39, 0.29) is 12.1 Å². The summed E-state index contributed by atoms with van der Waals surface area (Å²) in [5.41, 5.74) is 8.63. The standard InChI is InChI=1S/C16H19NO/c1-18-16(14-10-6-3-7-11-14)15(17)12-13-8-4-2-5-9-13/h2-11,15-16H,12,17H2,1H3. The minimum Gasteiger partial charge on any atom is -0.375 e. The molecule has 0 aliphatic carbocycles. The van der Waals surface area contributed by atoms with Crippen LogP contribution in [0, 0.1) is 0 Å². The van der Waals surface area contributed by atoms with E-state index in [4.69, 9.17) is 10.5 Å². The highest BCUT2D eigenvalue weighted by Gasteiger charge is 2.19. The Hall–Kier alpha value is -1.64. The van der Waals surface area contributed by atoms with Gasteiger partial charge in [0.1, 0.15) is 0 Å². The molecule has 2 aromatic rings. The minimum absolute atomic E-state index is 0.0419. The van der Waals surface area contributed by atoms with Crippen LogP contribution in [0.25, 0.3) is 0 Å². The molecule has 2 unspecified atom stereocenters. The highest BCUT2D eigenvalue weighted by Crippen LogP contribution is 2.21. The van der Waals surface area contributed by atoms with Gasteiger partial charge in [-0.15, -0.1) is 0 Å². The van der Waals surface area contributed by atoms with Gasteiger partial charge in [0, 0.05) is 13.2 Å². The topological polar surface area (TPSA) is 35.2 Å². The third-order valence-corrected chi connectivity index (χ3v) is 3.09. The second-order valence-corrected chi connectivity index (χ2v) is 4.42. The fraction of sp³-hybridized carbons (Fsp3) is 0.250. The maximum Gasteiger partial charge on any atom is 0.0975 e. The van der Waals surface area contributed by atoms with Gasteiger partial charge in [0.25, 0.3) is 0 Å². The van der Waals surface area contributed by atoms with Crippen molar-refractivity contribution in [1.82, 2.24) is 0 Å². The van der Waals surface area contributed by atoms with E-state index in [0.29, 0.717) is 0 Å². The van der Waals surface area contributed by atoms with Crippen molar-refractivity contribution in [3.8, 4) is 0 Å². The van der Waals surface area contributed by atoms with Crippen molar-refractivity contribution in [3.63, 3.8) is 0 Å². The molecule has 2 rings (SSSR count). The first kappa shape index (κ1) is 12.8. The first-order valence-corrected chi connectivity index (χ1v) is 6.18. The molecule has 0 saturated carbocycles. The van der Waals surface area contributed by atoms with Crippen molar-refractivity contribution in [3.05, 3.63) is 71.8 Å². The monoisotopic (exact) mass is 241 g/mol. The molecule has 0 spiro atoms. The zero-order chi connectivity index (χ0) is 12.8. The van der Waals surface area contributed by atoms with Crippen molar-refractivity contribution in [2.24, 2.45) is 5.73 Å². The van der Waals surface area contributed by atoms with Crippen LogP contribution in [0.4, 0.5) is 0 Å². The maximum atomic E-state index is 6.27. The van der Waals surface area contributed by atoms with E-state index in [1.807, 2.05) is 36.4 Å². The maximum absolute atomic E-state index is 6.27. The van der Waals surface area contributed by atoms with Gasteiger partial charge in [0.05, 0.1) is 6.10 Å². The third kappa shape index (κ3) is 3.19. The van der Waals surface area contributed by atoms with Gasteiger partial charge in [-0.05, 0) is 17.5 Å². The molecule has 0 fully saturated rings. The van der Waals surface area contributed by atoms with Crippen molar-refractivity contribution in [2.75, 3.05) is 7.11 Å². The molecule has 2 N–H and O–H groups in total. The van der Waals surface area contributed by atoms with Gasteiger partial charge in [0.2, 0.25) is 0 Å². The first-order chi connectivity index (χ1) is 8.81. The summed E-state index contributed by atoms with van der Waals surface area (Å²) < 4.78 is 5.55. The number of ether oxygens (including phenoxy) is 1. The van der Waals surface area contributed by atoms with Crippen molar-refractivity contribution in [1.29, 1.82) is 0 Å². The van der Waals surface area contributed by atoms with E-state index in [0.717, 1.165) is 12.0 Å². The quantitative estimate of drug-likeness (QED) is 0.873. The van der Waals surface area contributed by atoms with E-state index in [1.165, 1.54) is 5.56 Å². The summed E-state index contributed by atoms with van der Waals surface area (Å²) in [6.07, 6.45) is 0.750. The molecule has 0 aromatic heterocycles. The molecule has 2 nitrogen and oxygen atoms in total. The van der Waals surface area contributed by atoms with Crippen molar-refractivity contribution < 1.29 is 4.74 Å². The van der Waals surface area contributed by atoms with Crippen LogP contribution in [0.15, 0.2) is 60.7 Å². The Balaban J connectivity index is 2.09. The first-order valence-electron chi connectivity index (χ1n) is 6.18. The number of nitrogens with two attached hydrogens (primary N) is 1. The Labute approximate surface area is 108 Å². The molecular formula is C16H19NO. The number of methoxy groups -OCH3 is 1. The Kier molecular flexibility index (Phi) is 4.51. The van der Waals surface area contributed by atoms with Gasteiger partial charge in [-0.1, -0.05) is 60.7 Å². The molecule has 2 atom stereocenters. The van der Waals surface area contributed by atoms with E-state index in [9.17, 15) is 0 Å². The fourth-order valence-electron chi connectivity index (χ4n) is 2.19. The zero-order valence-corrected chi connectivity index (χ0v) is 10.6. The molecule has 94 valence electrons. The highest BCUT2D eigenvalue weighted by molar-refractivity contribution is 5.21. The Morgan fingerprint density at radius 3 is 2.06 bits per heavy atom. The van der Waals surface area contributed by atoms with Crippen LogP contribution in [0.2, 0.25) is 0 Å². The lowest BCUT2D eigenvalue weighted by atomic mass is 9.97. The Bertz CT molecular complexity index is 455. The van der Waals surface area contributed by atoms with E-state index < -0.39 is 0 Å². The van der Waals surface area contributed by atoms with Gasteiger partial charge >= 0.3 is 0 Å². The van der Waals surface area contributed by atoms with Crippen LogP contribution in [0.3, 0.4) is 0 Å². The molecule has 2 heteroatoms. The smallest absolute Gasteiger partial charge is 0.0975 e. The SMILES string of the molecule is COC(c1ccccc1)C(N)Cc1ccccc1. The molecule has 0 aliphatic heterocycles. The highest BCUT2D eigenvalue weighted by atomic mass is 16.5. The molecule has 0 radical (unpaired) electrons. The van der Waals surface area contributed by atoms with Crippen LogP contribution in [0.5, 0.6) is 0 Å². The summed E-state index contributed by atoms with van der Waals surface area (Å²) in [5, 5.41) is 0. The van der Waals surface area contributed by atoms with Gasteiger partial charge in [-0.25, -0.2) is 0 Å². The molecule has 18 heavy (non-hydrogen) atoms. The summed E-state index contributed by atoms with van der Waals surface area (Å²) >= 11 is 0. The number of benzene rings is 2. The Morgan fingerprint density at radius 1 is 0.944 bits per heavy atom. The van der Waals surface area contributed by atoms with E-state index in [1.54, 1.807) is 7.11 Å². The predicted molar refractivity (Wildman–Crippen MR) is 74.3 cm³/mol. The molecule has 0 bridgehead atoms. The van der Waals surface area contributed by atoms with Gasteiger partial charge in [-0.3, -0.25) is 0 Å². The van der Waals surface area contributed by atoms with Crippen molar-refractivity contribution >= 4 is 0 Å². The van der Waals surface area contributed by atoms with Crippen LogP contribution in [0.1, 0.15) is 17.2 Å². The molecular weight excluding hydrogens is 222 g/mol. The lowest BCUT2D eigenvalue weighted by Gasteiger charge is -2.23. The lowest BCUT2D eigenvalue weighted by Crippen LogP contribution is -2.31. The van der Waals surface area contributed by atoms with E-state index in [2.05, 4.69) is 24.3 Å². The van der Waals surface area contributed by atoms with Gasteiger partial charge in [-0.2, -0.15) is 0 Å². The normalized spacial score (nSPS) is 14.1. The molecule has 0 aliphatic rings. The second kappa shape index (κ2) is 6.34.